The molecule has 0 bridgehead atoms. The molecule has 112 valence electrons. The molecule has 0 saturated carbocycles. The van der Waals surface area contributed by atoms with E-state index in [2.05, 4.69) is 22.2 Å². The number of nitrogens with one attached hydrogen (secondary N) is 1. The summed E-state index contributed by atoms with van der Waals surface area (Å²) in [5, 5.41) is 3.39. The molecule has 0 unspecified atom stereocenters. The van der Waals surface area contributed by atoms with E-state index >= 15 is 0 Å². The van der Waals surface area contributed by atoms with Crippen molar-refractivity contribution in [3.8, 4) is 0 Å². The lowest BCUT2D eigenvalue weighted by Gasteiger charge is -2.18. The summed E-state index contributed by atoms with van der Waals surface area (Å²) in [6, 6.07) is 1.98. The van der Waals surface area contributed by atoms with Crippen molar-refractivity contribution in [1.82, 2.24) is 9.88 Å². The monoisotopic (exact) mass is 296 g/mol. The zero-order chi connectivity index (χ0) is 15.1. The fourth-order valence-corrected chi connectivity index (χ4v) is 2.28. The Bertz CT molecular complexity index is 465. The van der Waals surface area contributed by atoms with Gasteiger partial charge in [-0.15, -0.1) is 0 Å². The highest BCUT2D eigenvalue weighted by atomic mass is 32.1. The van der Waals surface area contributed by atoms with E-state index in [1.54, 1.807) is 7.11 Å². The first-order valence-corrected chi connectivity index (χ1v) is 7.06. The van der Waals surface area contributed by atoms with Gasteiger partial charge in [-0.2, -0.15) is 0 Å². The molecule has 1 heterocycles. The Kier molecular flexibility index (Phi) is 6.84. The van der Waals surface area contributed by atoms with Crippen molar-refractivity contribution < 1.29 is 4.74 Å². The third-order valence-corrected chi connectivity index (χ3v) is 3.27. The minimum atomic E-state index is 0.380. The normalized spacial score (nSPS) is 10.8. The maximum absolute atomic E-state index is 5.79. The molecule has 0 spiro atoms. The van der Waals surface area contributed by atoms with Gasteiger partial charge in [-0.1, -0.05) is 12.2 Å². The number of nitrogens with zero attached hydrogens (tertiary/aromatic N) is 2. The minimum absolute atomic E-state index is 0.380. The van der Waals surface area contributed by atoms with Gasteiger partial charge >= 0.3 is 0 Å². The molecular formula is C14H24N4OS. The first kappa shape index (κ1) is 16.8. The van der Waals surface area contributed by atoms with Crippen LogP contribution in [0.25, 0.3) is 0 Å². The molecule has 0 amide bonds. The Balaban J connectivity index is 2.65. The fourth-order valence-electron chi connectivity index (χ4n) is 2.02. The summed E-state index contributed by atoms with van der Waals surface area (Å²) in [5.41, 5.74) is 9.41. The van der Waals surface area contributed by atoms with Gasteiger partial charge in [0, 0.05) is 43.8 Å². The van der Waals surface area contributed by atoms with Gasteiger partial charge in [-0.3, -0.25) is 4.98 Å². The number of aryl methyl sites for hydroxylation is 2. The van der Waals surface area contributed by atoms with Crippen LogP contribution in [0.4, 0.5) is 5.69 Å². The molecule has 0 saturated heterocycles. The predicted octanol–water partition coefficient (Wildman–Crippen LogP) is 1.32. The van der Waals surface area contributed by atoms with Crippen LogP contribution in [0.15, 0.2) is 6.07 Å². The van der Waals surface area contributed by atoms with Gasteiger partial charge in [0.25, 0.3) is 0 Å². The van der Waals surface area contributed by atoms with Crippen LogP contribution in [-0.2, 0) is 4.74 Å². The van der Waals surface area contributed by atoms with Crippen LogP contribution in [0, 0.1) is 13.8 Å². The molecule has 0 aliphatic rings. The quantitative estimate of drug-likeness (QED) is 0.706. The molecule has 0 atom stereocenters. The average Bonchev–Trinajstić information content (AvgIpc) is 2.34. The van der Waals surface area contributed by atoms with Crippen LogP contribution in [0.3, 0.4) is 0 Å². The smallest absolute Gasteiger partial charge is 0.107 e. The van der Waals surface area contributed by atoms with Crippen LogP contribution >= 0.6 is 12.2 Å². The van der Waals surface area contributed by atoms with Crippen molar-refractivity contribution in [1.29, 1.82) is 0 Å². The molecule has 0 aliphatic carbocycles. The Morgan fingerprint density at radius 3 is 2.75 bits per heavy atom. The molecule has 1 aromatic rings. The molecule has 0 fully saturated rings. The number of aromatic nitrogens is 1. The number of thiocarbonyl (C=S) groups is 1. The summed E-state index contributed by atoms with van der Waals surface area (Å²) in [6.07, 6.45) is 0. The number of methoxy groups -OCH3 is 1. The third-order valence-electron chi connectivity index (χ3n) is 3.06. The number of rotatable bonds is 8. The molecule has 3 N–H and O–H groups in total. The number of likely N-dealkylation sites (N-methyl/N-ethyl adjacent to an activating group) is 1. The lowest BCUT2D eigenvalue weighted by atomic mass is 10.1. The van der Waals surface area contributed by atoms with Crippen molar-refractivity contribution >= 4 is 22.9 Å². The second kappa shape index (κ2) is 8.14. The molecule has 0 radical (unpaired) electrons. The van der Waals surface area contributed by atoms with Gasteiger partial charge in [0.2, 0.25) is 0 Å². The van der Waals surface area contributed by atoms with Crippen molar-refractivity contribution in [2.45, 2.75) is 13.8 Å². The fraction of sp³-hybridized carbons (Fsp3) is 0.571. The van der Waals surface area contributed by atoms with E-state index < -0.39 is 0 Å². The maximum atomic E-state index is 5.79. The highest BCUT2D eigenvalue weighted by Crippen LogP contribution is 2.19. The zero-order valence-electron chi connectivity index (χ0n) is 12.7. The van der Waals surface area contributed by atoms with E-state index in [4.69, 9.17) is 22.7 Å². The summed E-state index contributed by atoms with van der Waals surface area (Å²) < 4.78 is 5.06. The van der Waals surface area contributed by atoms with E-state index in [0.717, 1.165) is 48.9 Å². The van der Waals surface area contributed by atoms with Gasteiger partial charge in [0.1, 0.15) is 4.99 Å². The molecular weight excluding hydrogens is 272 g/mol. The summed E-state index contributed by atoms with van der Waals surface area (Å²) in [7, 11) is 3.78. The largest absolute Gasteiger partial charge is 0.389 e. The second-order valence-electron chi connectivity index (χ2n) is 4.86. The van der Waals surface area contributed by atoms with Crippen LogP contribution in [0.1, 0.15) is 17.0 Å². The Hall–Kier alpha value is -1.24. The SMILES string of the molecule is COCCN(C)CCNc1cc(C)nc(C)c1C(N)=S. The van der Waals surface area contributed by atoms with Crippen molar-refractivity contribution in [3.63, 3.8) is 0 Å². The number of hydrogen-bond donors (Lipinski definition) is 2. The third kappa shape index (κ3) is 5.03. The molecule has 1 rings (SSSR count). The van der Waals surface area contributed by atoms with Gasteiger partial charge < -0.3 is 20.7 Å². The van der Waals surface area contributed by atoms with Gasteiger partial charge in [-0.05, 0) is 27.0 Å². The van der Waals surface area contributed by atoms with E-state index in [-0.39, 0.29) is 0 Å². The van der Waals surface area contributed by atoms with Crippen molar-refractivity contribution in [2.24, 2.45) is 5.73 Å². The number of ether oxygens (including phenoxy) is 1. The molecule has 1 aromatic heterocycles. The summed E-state index contributed by atoms with van der Waals surface area (Å²) in [6.45, 7) is 7.28. The van der Waals surface area contributed by atoms with E-state index in [1.165, 1.54) is 0 Å². The number of hydrogen-bond acceptors (Lipinski definition) is 5. The lowest BCUT2D eigenvalue weighted by molar-refractivity contribution is 0.163. The molecule has 0 aromatic carbocycles. The van der Waals surface area contributed by atoms with E-state index in [0.29, 0.717) is 4.99 Å². The highest BCUT2D eigenvalue weighted by molar-refractivity contribution is 7.80. The maximum Gasteiger partial charge on any atom is 0.107 e. The summed E-state index contributed by atoms with van der Waals surface area (Å²) in [5.74, 6) is 0. The Morgan fingerprint density at radius 1 is 1.45 bits per heavy atom. The van der Waals surface area contributed by atoms with Crippen molar-refractivity contribution in [3.05, 3.63) is 23.0 Å². The zero-order valence-corrected chi connectivity index (χ0v) is 13.5. The lowest BCUT2D eigenvalue weighted by Crippen LogP contribution is -2.29. The summed E-state index contributed by atoms with van der Waals surface area (Å²) in [4.78, 5) is 6.99. The topological polar surface area (TPSA) is 63.4 Å². The second-order valence-corrected chi connectivity index (χ2v) is 5.30. The van der Waals surface area contributed by atoms with Crippen LogP contribution in [0.2, 0.25) is 0 Å². The van der Waals surface area contributed by atoms with Gasteiger partial charge in [0.15, 0.2) is 0 Å². The van der Waals surface area contributed by atoms with E-state index in [1.807, 2.05) is 19.9 Å². The van der Waals surface area contributed by atoms with Gasteiger partial charge in [-0.25, -0.2) is 0 Å². The van der Waals surface area contributed by atoms with Crippen LogP contribution < -0.4 is 11.1 Å². The number of pyridine rings is 1. The van der Waals surface area contributed by atoms with Crippen LogP contribution in [-0.4, -0.2) is 55.3 Å². The Morgan fingerprint density at radius 2 is 2.15 bits per heavy atom. The number of nitrogens with two attached hydrogens (primary N) is 1. The minimum Gasteiger partial charge on any atom is -0.389 e. The predicted molar refractivity (Wildman–Crippen MR) is 87.5 cm³/mol. The van der Waals surface area contributed by atoms with E-state index in [9.17, 15) is 0 Å². The van der Waals surface area contributed by atoms with Crippen molar-refractivity contribution in [2.75, 3.05) is 45.7 Å². The summed E-state index contributed by atoms with van der Waals surface area (Å²) >= 11 is 5.11. The first-order chi connectivity index (χ1) is 9.45. The highest BCUT2D eigenvalue weighted by Gasteiger charge is 2.10. The average molecular weight is 296 g/mol. The van der Waals surface area contributed by atoms with Gasteiger partial charge in [0.05, 0.1) is 12.2 Å². The molecule has 6 heteroatoms. The van der Waals surface area contributed by atoms with Crippen LogP contribution in [0.5, 0.6) is 0 Å². The Labute approximate surface area is 126 Å². The first-order valence-electron chi connectivity index (χ1n) is 6.65. The molecule has 20 heavy (non-hydrogen) atoms. The number of anilines is 1. The molecule has 0 aliphatic heterocycles. The standard InChI is InChI=1S/C14H24N4OS/c1-10-9-12(13(14(15)20)11(2)17-10)16-5-6-18(3)7-8-19-4/h9H,5-8H2,1-4H3,(H2,15,20)(H,16,17). The molecule has 5 nitrogen and oxygen atoms in total.